The number of phenols is 1. The topological polar surface area (TPSA) is 49.7 Å². The Morgan fingerprint density at radius 1 is 1.18 bits per heavy atom. The van der Waals surface area contributed by atoms with Crippen molar-refractivity contribution in [2.45, 2.75) is 43.8 Å². The SMILES string of the molecule is Oc1ccc2c3c1OC1C(O)CCC(CC2)C31. The first-order valence-electron chi connectivity index (χ1n) is 6.45. The third-order valence-electron chi connectivity index (χ3n) is 4.71. The molecule has 1 aromatic rings. The Hall–Kier alpha value is -1.22. The van der Waals surface area contributed by atoms with E-state index in [1.54, 1.807) is 6.07 Å². The Morgan fingerprint density at radius 3 is 2.94 bits per heavy atom. The first-order chi connectivity index (χ1) is 8.25. The molecule has 3 nitrogen and oxygen atoms in total. The number of aromatic hydroxyl groups is 1. The van der Waals surface area contributed by atoms with Crippen LogP contribution in [0.4, 0.5) is 0 Å². The number of ether oxygens (including phenoxy) is 1. The molecule has 1 heterocycles. The van der Waals surface area contributed by atoms with Crippen LogP contribution >= 0.6 is 0 Å². The Labute approximate surface area is 100 Å². The van der Waals surface area contributed by atoms with Gasteiger partial charge in [-0.1, -0.05) is 6.07 Å². The van der Waals surface area contributed by atoms with E-state index in [0.717, 1.165) is 19.3 Å². The number of phenolic OH excluding ortho intramolecular Hbond substituents is 1. The highest BCUT2D eigenvalue weighted by molar-refractivity contribution is 5.56. The second kappa shape index (κ2) is 3.16. The Morgan fingerprint density at radius 2 is 2.06 bits per heavy atom. The number of aryl methyl sites for hydroxylation is 1. The van der Waals surface area contributed by atoms with E-state index < -0.39 is 0 Å². The molecular formula is C14H16O3. The van der Waals surface area contributed by atoms with Crippen LogP contribution in [0.3, 0.4) is 0 Å². The van der Waals surface area contributed by atoms with Crippen molar-refractivity contribution < 1.29 is 14.9 Å². The van der Waals surface area contributed by atoms with Crippen molar-refractivity contribution in [1.82, 2.24) is 0 Å². The standard InChI is InChI=1S/C14H16O3/c15-9-5-3-7-1-2-8-4-6-10(16)14-12(8)11(7)13(9)17-14/h3,5,8,10,12,14-16H,1-2,4,6H2. The molecule has 3 heteroatoms. The van der Waals surface area contributed by atoms with Gasteiger partial charge >= 0.3 is 0 Å². The van der Waals surface area contributed by atoms with Gasteiger partial charge in [0.2, 0.25) is 0 Å². The van der Waals surface area contributed by atoms with E-state index >= 15 is 0 Å². The van der Waals surface area contributed by atoms with Crippen LogP contribution in [0.5, 0.6) is 11.5 Å². The quantitative estimate of drug-likeness (QED) is 0.719. The zero-order valence-corrected chi connectivity index (χ0v) is 9.60. The predicted molar refractivity (Wildman–Crippen MR) is 62.3 cm³/mol. The number of rotatable bonds is 0. The molecule has 3 aliphatic rings. The van der Waals surface area contributed by atoms with Gasteiger partial charge in [-0.25, -0.2) is 0 Å². The van der Waals surface area contributed by atoms with E-state index in [2.05, 4.69) is 0 Å². The normalized spacial score (nSPS) is 37.5. The fourth-order valence-corrected chi connectivity index (χ4v) is 3.93. The summed E-state index contributed by atoms with van der Waals surface area (Å²) in [6.07, 6.45) is 3.67. The summed E-state index contributed by atoms with van der Waals surface area (Å²) in [4.78, 5) is 0. The van der Waals surface area contributed by atoms with Gasteiger partial charge in [0.1, 0.15) is 6.10 Å². The molecule has 0 radical (unpaired) electrons. The van der Waals surface area contributed by atoms with Gasteiger partial charge < -0.3 is 14.9 Å². The van der Waals surface area contributed by atoms with Gasteiger partial charge in [-0.2, -0.15) is 0 Å². The number of aliphatic hydroxyl groups excluding tert-OH is 1. The van der Waals surface area contributed by atoms with Crippen molar-refractivity contribution in [3.8, 4) is 11.5 Å². The fourth-order valence-electron chi connectivity index (χ4n) is 3.93. The number of benzene rings is 1. The molecule has 4 atom stereocenters. The van der Waals surface area contributed by atoms with E-state index in [0.29, 0.717) is 17.6 Å². The maximum Gasteiger partial charge on any atom is 0.165 e. The van der Waals surface area contributed by atoms with E-state index in [1.807, 2.05) is 6.07 Å². The molecular weight excluding hydrogens is 216 g/mol. The summed E-state index contributed by atoms with van der Waals surface area (Å²) in [5.74, 6) is 1.80. The molecule has 0 saturated heterocycles. The Bertz CT molecular complexity index is 483. The molecule has 17 heavy (non-hydrogen) atoms. The fraction of sp³-hybridized carbons (Fsp3) is 0.571. The molecule has 1 fully saturated rings. The lowest BCUT2D eigenvalue weighted by Gasteiger charge is -2.38. The third-order valence-corrected chi connectivity index (χ3v) is 4.71. The third kappa shape index (κ3) is 1.15. The van der Waals surface area contributed by atoms with Crippen LogP contribution in [0.25, 0.3) is 0 Å². The smallest absolute Gasteiger partial charge is 0.165 e. The van der Waals surface area contributed by atoms with Crippen molar-refractivity contribution in [2.75, 3.05) is 0 Å². The summed E-state index contributed by atoms with van der Waals surface area (Å²) in [6.45, 7) is 0. The minimum absolute atomic E-state index is 0.129. The van der Waals surface area contributed by atoms with Gasteiger partial charge in [0.15, 0.2) is 11.5 Å². The van der Waals surface area contributed by atoms with E-state index in [1.165, 1.54) is 17.5 Å². The van der Waals surface area contributed by atoms with E-state index in [9.17, 15) is 10.2 Å². The monoisotopic (exact) mass is 232 g/mol. The maximum absolute atomic E-state index is 10.1. The van der Waals surface area contributed by atoms with Crippen LogP contribution in [-0.2, 0) is 6.42 Å². The highest BCUT2D eigenvalue weighted by atomic mass is 16.5. The van der Waals surface area contributed by atoms with Crippen molar-refractivity contribution >= 4 is 0 Å². The van der Waals surface area contributed by atoms with Crippen molar-refractivity contribution in [1.29, 1.82) is 0 Å². The summed E-state index contributed by atoms with van der Waals surface area (Å²) >= 11 is 0. The minimum atomic E-state index is -0.381. The molecule has 90 valence electrons. The van der Waals surface area contributed by atoms with Crippen LogP contribution in [-0.4, -0.2) is 22.4 Å². The first-order valence-corrected chi connectivity index (χ1v) is 6.45. The molecule has 0 amide bonds. The highest BCUT2D eigenvalue weighted by Gasteiger charge is 2.49. The van der Waals surface area contributed by atoms with Crippen molar-refractivity contribution in [3.05, 3.63) is 23.3 Å². The molecule has 0 aromatic heterocycles. The second-order valence-corrected chi connectivity index (χ2v) is 5.54. The van der Waals surface area contributed by atoms with Crippen LogP contribution in [0.15, 0.2) is 12.1 Å². The molecule has 1 aromatic carbocycles. The molecule has 1 saturated carbocycles. The lowest BCUT2D eigenvalue weighted by atomic mass is 9.67. The highest BCUT2D eigenvalue weighted by Crippen LogP contribution is 2.56. The molecule has 1 aliphatic heterocycles. The van der Waals surface area contributed by atoms with Crippen LogP contribution < -0.4 is 4.74 Å². The van der Waals surface area contributed by atoms with E-state index in [4.69, 9.17) is 4.74 Å². The number of aliphatic hydroxyl groups is 1. The lowest BCUT2D eigenvalue weighted by molar-refractivity contribution is -0.0131. The van der Waals surface area contributed by atoms with Gasteiger partial charge in [0.25, 0.3) is 0 Å². The molecule has 4 rings (SSSR count). The summed E-state index contributed by atoms with van der Waals surface area (Å²) in [6, 6.07) is 3.73. The second-order valence-electron chi connectivity index (χ2n) is 5.54. The number of hydrogen-bond acceptors (Lipinski definition) is 3. The summed E-state index contributed by atoms with van der Waals surface area (Å²) < 4.78 is 5.85. The van der Waals surface area contributed by atoms with Gasteiger partial charge in [-0.05, 0) is 43.2 Å². The van der Waals surface area contributed by atoms with Gasteiger partial charge in [0.05, 0.1) is 6.10 Å². The summed E-state index contributed by atoms with van der Waals surface area (Å²) in [7, 11) is 0. The van der Waals surface area contributed by atoms with Gasteiger partial charge in [0, 0.05) is 11.5 Å². The Balaban J connectivity index is 1.92. The zero-order chi connectivity index (χ0) is 11.6. The largest absolute Gasteiger partial charge is 0.504 e. The van der Waals surface area contributed by atoms with Crippen molar-refractivity contribution in [3.63, 3.8) is 0 Å². The molecule has 2 aliphatic carbocycles. The van der Waals surface area contributed by atoms with Gasteiger partial charge in [-0.15, -0.1) is 0 Å². The minimum Gasteiger partial charge on any atom is -0.504 e. The molecule has 4 unspecified atom stereocenters. The summed E-state index contributed by atoms with van der Waals surface area (Å²) in [5, 5.41) is 20.0. The first kappa shape index (κ1) is 9.77. The van der Waals surface area contributed by atoms with Gasteiger partial charge in [-0.3, -0.25) is 0 Å². The van der Waals surface area contributed by atoms with Crippen molar-refractivity contribution in [2.24, 2.45) is 5.92 Å². The molecule has 0 bridgehead atoms. The predicted octanol–water partition coefficient (Wildman–Crippen LogP) is 1.95. The average molecular weight is 232 g/mol. The maximum atomic E-state index is 10.1. The number of hydrogen-bond donors (Lipinski definition) is 2. The molecule has 0 spiro atoms. The Kier molecular flexibility index (Phi) is 1.82. The van der Waals surface area contributed by atoms with E-state index in [-0.39, 0.29) is 18.0 Å². The zero-order valence-electron chi connectivity index (χ0n) is 9.60. The molecule has 2 N–H and O–H groups in total. The van der Waals surface area contributed by atoms with Crippen LogP contribution in [0, 0.1) is 5.92 Å². The lowest BCUT2D eigenvalue weighted by Crippen LogP contribution is -2.42. The summed E-state index contributed by atoms with van der Waals surface area (Å²) in [5.41, 5.74) is 2.49. The van der Waals surface area contributed by atoms with Crippen LogP contribution in [0.2, 0.25) is 0 Å². The average Bonchev–Trinajstić information content (AvgIpc) is 2.75. The van der Waals surface area contributed by atoms with Crippen LogP contribution in [0.1, 0.15) is 36.3 Å².